The third-order valence-electron chi connectivity index (χ3n) is 4.41. The molecule has 2 aromatic carbocycles. The average molecular weight is 398 g/mol. The van der Waals surface area contributed by atoms with Crippen LogP contribution in [0.1, 0.15) is 21.9 Å². The van der Waals surface area contributed by atoms with E-state index in [-0.39, 0.29) is 17.0 Å². The van der Waals surface area contributed by atoms with Crippen LogP contribution in [0.4, 0.5) is 5.69 Å². The lowest BCUT2D eigenvalue weighted by Crippen LogP contribution is -2.31. The summed E-state index contributed by atoms with van der Waals surface area (Å²) in [6.07, 6.45) is 0. The maximum absolute atomic E-state index is 13.2. The molecular weight excluding hydrogens is 376 g/mol. The largest absolute Gasteiger partial charge is 0.464 e. The predicted molar refractivity (Wildman–Crippen MR) is 108 cm³/mol. The molecule has 0 aliphatic carbocycles. The fourth-order valence-electron chi connectivity index (χ4n) is 2.87. The van der Waals surface area contributed by atoms with Gasteiger partial charge in [0.25, 0.3) is 15.9 Å². The summed E-state index contributed by atoms with van der Waals surface area (Å²) in [6, 6.07) is 18.6. The van der Waals surface area contributed by atoms with E-state index in [2.05, 4.69) is 0 Å². The first-order valence-electron chi connectivity index (χ1n) is 8.74. The van der Waals surface area contributed by atoms with E-state index in [0.717, 1.165) is 5.76 Å². The van der Waals surface area contributed by atoms with E-state index < -0.39 is 15.9 Å². The molecule has 1 amide bonds. The lowest BCUT2D eigenvalue weighted by Gasteiger charge is -2.22. The number of sulfonamides is 1. The van der Waals surface area contributed by atoms with Gasteiger partial charge in [0.05, 0.1) is 17.8 Å². The van der Waals surface area contributed by atoms with Crippen LogP contribution in [-0.4, -0.2) is 33.3 Å². The molecule has 0 aliphatic rings. The molecule has 3 aromatic rings. The fraction of sp³-hybridized carbons (Fsp3) is 0.190. The van der Waals surface area contributed by atoms with E-state index in [9.17, 15) is 13.2 Å². The van der Waals surface area contributed by atoms with Gasteiger partial charge >= 0.3 is 0 Å². The second kappa shape index (κ2) is 7.90. The molecule has 0 N–H and O–H groups in total. The minimum Gasteiger partial charge on any atom is -0.464 e. The predicted octanol–water partition coefficient (Wildman–Crippen LogP) is 3.69. The van der Waals surface area contributed by atoms with Crippen molar-refractivity contribution in [2.75, 3.05) is 18.4 Å². The Bertz CT molecular complexity index is 1070. The van der Waals surface area contributed by atoms with E-state index in [4.69, 9.17) is 4.42 Å². The number of anilines is 1. The first kappa shape index (κ1) is 19.7. The van der Waals surface area contributed by atoms with Crippen molar-refractivity contribution < 1.29 is 17.6 Å². The molecule has 3 rings (SSSR count). The van der Waals surface area contributed by atoms with E-state index in [1.54, 1.807) is 49.5 Å². The molecule has 1 heterocycles. The third kappa shape index (κ3) is 3.94. The van der Waals surface area contributed by atoms with Crippen molar-refractivity contribution in [3.63, 3.8) is 0 Å². The Balaban J connectivity index is 1.93. The van der Waals surface area contributed by atoms with E-state index in [1.807, 2.05) is 19.1 Å². The SMILES string of the molecule is Cc1ccc(CN(C)C(=O)c2ccccc2S(=O)(=O)N(C)c2ccccc2)o1. The molecule has 0 saturated heterocycles. The van der Waals surface area contributed by atoms with Gasteiger partial charge in [0.15, 0.2) is 0 Å². The van der Waals surface area contributed by atoms with Crippen LogP contribution in [0.3, 0.4) is 0 Å². The number of benzene rings is 2. The lowest BCUT2D eigenvalue weighted by molar-refractivity contribution is 0.0771. The van der Waals surface area contributed by atoms with Crippen LogP contribution in [0, 0.1) is 6.92 Å². The molecule has 0 spiro atoms. The zero-order valence-corrected chi connectivity index (χ0v) is 16.8. The Hall–Kier alpha value is -3.06. The summed E-state index contributed by atoms with van der Waals surface area (Å²) < 4.78 is 33.0. The molecule has 0 atom stereocenters. The maximum Gasteiger partial charge on any atom is 0.264 e. The highest BCUT2D eigenvalue weighted by Crippen LogP contribution is 2.25. The monoisotopic (exact) mass is 398 g/mol. The Morgan fingerprint density at radius 2 is 1.57 bits per heavy atom. The number of para-hydroxylation sites is 1. The topological polar surface area (TPSA) is 70.8 Å². The minimum atomic E-state index is -3.91. The summed E-state index contributed by atoms with van der Waals surface area (Å²) in [4.78, 5) is 14.4. The highest BCUT2D eigenvalue weighted by atomic mass is 32.2. The number of aryl methyl sites for hydroxylation is 1. The summed E-state index contributed by atoms with van der Waals surface area (Å²) in [5.41, 5.74) is 0.639. The van der Waals surface area contributed by atoms with Gasteiger partial charge in [0.2, 0.25) is 0 Å². The van der Waals surface area contributed by atoms with Crippen molar-refractivity contribution in [2.24, 2.45) is 0 Å². The van der Waals surface area contributed by atoms with Gasteiger partial charge in [-0.25, -0.2) is 8.42 Å². The summed E-state index contributed by atoms with van der Waals surface area (Å²) in [5, 5.41) is 0. The first-order valence-corrected chi connectivity index (χ1v) is 10.2. The second-order valence-electron chi connectivity index (χ2n) is 6.48. The number of carbonyl (C=O) groups is 1. The molecule has 6 nitrogen and oxygen atoms in total. The van der Waals surface area contributed by atoms with Crippen molar-refractivity contribution in [3.8, 4) is 0 Å². The maximum atomic E-state index is 13.2. The summed E-state index contributed by atoms with van der Waals surface area (Å²) in [5.74, 6) is 0.994. The van der Waals surface area contributed by atoms with E-state index in [0.29, 0.717) is 11.4 Å². The number of hydrogen-bond donors (Lipinski definition) is 0. The highest BCUT2D eigenvalue weighted by molar-refractivity contribution is 7.92. The zero-order valence-electron chi connectivity index (χ0n) is 16.0. The summed E-state index contributed by atoms with van der Waals surface area (Å²) in [6.45, 7) is 2.07. The third-order valence-corrected chi connectivity index (χ3v) is 6.26. The van der Waals surface area contributed by atoms with Crippen molar-refractivity contribution in [3.05, 3.63) is 83.8 Å². The first-order chi connectivity index (χ1) is 13.3. The van der Waals surface area contributed by atoms with Gasteiger partial charge in [-0.1, -0.05) is 30.3 Å². The van der Waals surface area contributed by atoms with Gasteiger partial charge < -0.3 is 9.32 Å². The fourth-order valence-corrected chi connectivity index (χ4v) is 4.25. The van der Waals surface area contributed by atoms with Crippen LogP contribution in [0.25, 0.3) is 0 Å². The van der Waals surface area contributed by atoms with Crippen LogP contribution in [0.5, 0.6) is 0 Å². The van der Waals surface area contributed by atoms with Gasteiger partial charge in [-0.3, -0.25) is 9.10 Å². The number of rotatable bonds is 6. The number of carbonyl (C=O) groups excluding carboxylic acids is 1. The molecule has 1 aromatic heterocycles. The van der Waals surface area contributed by atoms with Gasteiger partial charge in [-0.05, 0) is 43.3 Å². The van der Waals surface area contributed by atoms with Crippen molar-refractivity contribution in [2.45, 2.75) is 18.4 Å². The van der Waals surface area contributed by atoms with Gasteiger partial charge in [-0.2, -0.15) is 0 Å². The smallest absolute Gasteiger partial charge is 0.264 e. The molecule has 0 saturated carbocycles. The van der Waals surface area contributed by atoms with Crippen LogP contribution in [-0.2, 0) is 16.6 Å². The Morgan fingerprint density at radius 3 is 2.21 bits per heavy atom. The molecule has 0 unspecified atom stereocenters. The van der Waals surface area contributed by atoms with Crippen molar-refractivity contribution in [1.82, 2.24) is 4.90 Å². The summed E-state index contributed by atoms with van der Waals surface area (Å²) >= 11 is 0. The van der Waals surface area contributed by atoms with Gasteiger partial charge in [0, 0.05) is 14.1 Å². The lowest BCUT2D eigenvalue weighted by atomic mass is 10.2. The quantitative estimate of drug-likeness (QED) is 0.635. The molecule has 0 aliphatic heterocycles. The minimum absolute atomic E-state index is 0.0335. The Labute approximate surface area is 165 Å². The van der Waals surface area contributed by atoms with E-state index in [1.165, 1.54) is 28.4 Å². The molecular formula is C21H22N2O4S. The average Bonchev–Trinajstić information content (AvgIpc) is 3.12. The zero-order chi connectivity index (χ0) is 20.3. The normalized spacial score (nSPS) is 11.2. The molecule has 0 bridgehead atoms. The number of nitrogens with zero attached hydrogens (tertiary/aromatic N) is 2. The summed E-state index contributed by atoms with van der Waals surface area (Å²) in [7, 11) is -0.819. The van der Waals surface area contributed by atoms with Crippen LogP contribution in [0.2, 0.25) is 0 Å². The van der Waals surface area contributed by atoms with Crippen LogP contribution < -0.4 is 4.31 Å². The molecule has 7 heteroatoms. The molecule has 28 heavy (non-hydrogen) atoms. The standard InChI is InChI=1S/C21H22N2O4S/c1-16-13-14-18(27-16)15-22(2)21(24)19-11-7-8-12-20(19)28(25,26)23(3)17-9-5-4-6-10-17/h4-14H,15H2,1-3H3. The van der Waals surface area contributed by atoms with Gasteiger partial charge in [0.1, 0.15) is 16.4 Å². The Kier molecular flexibility index (Phi) is 5.56. The Morgan fingerprint density at radius 1 is 0.929 bits per heavy atom. The molecule has 146 valence electrons. The number of furan rings is 1. The molecule has 0 fully saturated rings. The van der Waals surface area contributed by atoms with Crippen molar-refractivity contribution >= 4 is 21.6 Å². The van der Waals surface area contributed by atoms with Crippen molar-refractivity contribution in [1.29, 1.82) is 0 Å². The second-order valence-corrected chi connectivity index (χ2v) is 8.42. The highest BCUT2D eigenvalue weighted by Gasteiger charge is 2.28. The van der Waals surface area contributed by atoms with E-state index >= 15 is 0 Å². The number of amides is 1. The van der Waals surface area contributed by atoms with Crippen LogP contribution >= 0.6 is 0 Å². The van der Waals surface area contributed by atoms with Gasteiger partial charge in [-0.15, -0.1) is 0 Å². The van der Waals surface area contributed by atoms with Crippen LogP contribution in [0.15, 0.2) is 76.0 Å². The molecule has 0 radical (unpaired) electrons. The number of hydrogen-bond acceptors (Lipinski definition) is 4.